The minimum absolute atomic E-state index is 0.0572. The summed E-state index contributed by atoms with van der Waals surface area (Å²) >= 11 is 0. The highest BCUT2D eigenvalue weighted by molar-refractivity contribution is 5.98. The molecule has 2 rings (SSSR count). The minimum atomic E-state index is -0.395. The zero-order valence-corrected chi connectivity index (χ0v) is 11.4. The van der Waals surface area contributed by atoms with Crippen LogP contribution >= 0.6 is 0 Å². The molecule has 0 aliphatic carbocycles. The lowest BCUT2D eigenvalue weighted by Gasteiger charge is -2.34. The lowest BCUT2D eigenvalue weighted by molar-refractivity contribution is -0.145. The third kappa shape index (κ3) is 2.86. The Labute approximate surface area is 112 Å². The van der Waals surface area contributed by atoms with Gasteiger partial charge in [0.2, 0.25) is 0 Å². The molecule has 1 aliphatic heterocycles. The number of ether oxygens (including phenoxy) is 1. The van der Waals surface area contributed by atoms with Gasteiger partial charge in [0.05, 0.1) is 11.8 Å². The van der Waals surface area contributed by atoms with Crippen LogP contribution in [0.3, 0.4) is 0 Å². The molecule has 0 N–H and O–H groups in total. The Morgan fingerprint density at radius 2 is 2.05 bits per heavy atom. The summed E-state index contributed by atoms with van der Waals surface area (Å²) in [5.41, 5.74) is 1.81. The molecule has 0 radical (unpaired) electrons. The average Bonchev–Trinajstić information content (AvgIpc) is 2.34. The Morgan fingerprint density at radius 1 is 1.37 bits per heavy atom. The second-order valence-electron chi connectivity index (χ2n) is 4.89. The van der Waals surface area contributed by atoms with Gasteiger partial charge in [-0.2, -0.15) is 0 Å². The van der Waals surface area contributed by atoms with E-state index >= 15 is 0 Å². The van der Waals surface area contributed by atoms with Crippen LogP contribution in [0, 0.1) is 0 Å². The van der Waals surface area contributed by atoms with Crippen LogP contribution in [0.4, 0.5) is 10.5 Å². The largest absolute Gasteiger partial charge is 0.462 e. The number of carbonyl (C=O) groups is 2. The molecule has 5 heteroatoms. The van der Waals surface area contributed by atoms with Gasteiger partial charge in [-0.15, -0.1) is 0 Å². The number of benzene rings is 1. The van der Waals surface area contributed by atoms with E-state index in [1.165, 1.54) is 4.90 Å². The first kappa shape index (κ1) is 13.4. The average molecular weight is 262 g/mol. The smallest absolute Gasteiger partial charge is 0.326 e. The van der Waals surface area contributed by atoms with Crippen molar-refractivity contribution >= 4 is 17.7 Å². The maximum Gasteiger partial charge on any atom is 0.326 e. The molecular weight excluding hydrogens is 244 g/mol. The first-order valence-electron chi connectivity index (χ1n) is 6.29. The van der Waals surface area contributed by atoms with E-state index in [0.717, 1.165) is 11.3 Å². The van der Waals surface area contributed by atoms with Gasteiger partial charge >= 0.3 is 12.0 Å². The predicted octanol–water partition coefficient (Wildman–Crippen LogP) is 2.01. The molecule has 0 atom stereocenters. The highest BCUT2D eigenvalue weighted by Gasteiger charge is 2.29. The molecule has 102 valence electrons. The highest BCUT2D eigenvalue weighted by atomic mass is 16.5. The molecule has 1 heterocycles. The highest BCUT2D eigenvalue weighted by Crippen LogP contribution is 2.27. The summed E-state index contributed by atoms with van der Waals surface area (Å²) in [5, 5.41) is 0. The molecule has 0 saturated heterocycles. The Bertz CT molecular complexity index is 499. The van der Waals surface area contributed by atoms with Crippen molar-refractivity contribution in [3.8, 4) is 0 Å². The van der Waals surface area contributed by atoms with Gasteiger partial charge in [0.25, 0.3) is 0 Å². The van der Waals surface area contributed by atoms with Gasteiger partial charge in [-0.3, -0.25) is 9.69 Å². The molecule has 19 heavy (non-hydrogen) atoms. The van der Waals surface area contributed by atoms with E-state index < -0.39 is 5.97 Å². The maximum atomic E-state index is 12.2. The fraction of sp³-hybridized carbons (Fsp3) is 0.429. The van der Waals surface area contributed by atoms with Gasteiger partial charge in [-0.05, 0) is 25.5 Å². The summed E-state index contributed by atoms with van der Waals surface area (Å²) in [6, 6.07) is 7.41. The molecule has 0 aromatic heterocycles. The molecule has 1 aromatic rings. The fourth-order valence-electron chi connectivity index (χ4n) is 2.12. The number of fused-ring (bicyclic) bond motifs is 1. The number of urea groups is 1. The second kappa shape index (κ2) is 5.30. The first-order valence-corrected chi connectivity index (χ1v) is 6.29. The number of hydrogen-bond acceptors (Lipinski definition) is 3. The summed E-state index contributed by atoms with van der Waals surface area (Å²) in [6.45, 7) is 4.08. The molecular formula is C14H18N2O3. The van der Waals surface area contributed by atoms with Crippen molar-refractivity contribution in [1.82, 2.24) is 4.90 Å². The summed E-state index contributed by atoms with van der Waals surface area (Å²) < 4.78 is 5.10. The van der Waals surface area contributed by atoms with Crippen LogP contribution < -0.4 is 4.90 Å². The van der Waals surface area contributed by atoms with Gasteiger partial charge in [0, 0.05) is 13.6 Å². The summed E-state index contributed by atoms with van der Waals surface area (Å²) in [7, 11) is 1.72. The zero-order chi connectivity index (χ0) is 14.0. The molecule has 1 aliphatic rings. The maximum absolute atomic E-state index is 12.2. The van der Waals surface area contributed by atoms with Crippen molar-refractivity contribution in [3.05, 3.63) is 29.8 Å². The van der Waals surface area contributed by atoms with Crippen molar-refractivity contribution in [2.45, 2.75) is 26.5 Å². The van der Waals surface area contributed by atoms with E-state index in [1.54, 1.807) is 25.8 Å². The standard InChI is InChI=1S/C14H18N2O3/c1-10(2)19-13(17)9-16-12-7-5-4-6-11(12)8-15(3)14(16)18/h4-7,10H,8-9H2,1-3H3. The number of para-hydroxylation sites is 1. The first-order chi connectivity index (χ1) is 8.99. The molecule has 0 saturated carbocycles. The van der Waals surface area contributed by atoms with Crippen molar-refractivity contribution < 1.29 is 14.3 Å². The van der Waals surface area contributed by atoms with Crippen LogP contribution in [0.2, 0.25) is 0 Å². The second-order valence-corrected chi connectivity index (χ2v) is 4.89. The lowest BCUT2D eigenvalue weighted by atomic mass is 10.1. The number of anilines is 1. The third-order valence-electron chi connectivity index (χ3n) is 2.90. The topological polar surface area (TPSA) is 49.9 Å². The molecule has 1 aromatic carbocycles. The molecule has 2 amide bonds. The van der Waals surface area contributed by atoms with E-state index in [2.05, 4.69) is 0 Å². The number of nitrogens with zero attached hydrogens (tertiary/aromatic N) is 2. The summed E-state index contributed by atoms with van der Waals surface area (Å²) in [4.78, 5) is 27.0. The van der Waals surface area contributed by atoms with Gasteiger partial charge < -0.3 is 9.64 Å². The summed E-state index contributed by atoms with van der Waals surface area (Å²) in [6.07, 6.45) is -0.180. The summed E-state index contributed by atoms with van der Waals surface area (Å²) in [5.74, 6) is -0.395. The van der Waals surface area contributed by atoms with Crippen LogP contribution in [0.15, 0.2) is 24.3 Å². The van der Waals surface area contributed by atoms with Crippen molar-refractivity contribution in [2.24, 2.45) is 0 Å². The molecule has 0 bridgehead atoms. The Kier molecular flexibility index (Phi) is 3.74. The number of carbonyl (C=O) groups excluding carboxylic acids is 2. The van der Waals surface area contributed by atoms with Gasteiger partial charge in [-0.1, -0.05) is 18.2 Å². The normalized spacial score (nSPS) is 14.6. The van der Waals surface area contributed by atoms with Crippen LogP contribution in [-0.2, 0) is 16.1 Å². The van der Waals surface area contributed by atoms with Crippen LogP contribution in [0.25, 0.3) is 0 Å². The molecule has 0 fully saturated rings. The van der Waals surface area contributed by atoms with E-state index in [-0.39, 0.29) is 18.7 Å². The molecule has 5 nitrogen and oxygen atoms in total. The SMILES string of the molecule is CC(C)OC(=O)CN1C(=O)N(C)Cc2ccccc21. The predicted molar refractivity (Wildman–Crippen MR) is 71.9 cm³/mol. The number of amides is 2. The van der Waals surface area contributed by atoms with Crippen LogP contribution in [0.5, 0.6) is 0 Å². The van der Waals surface area contributed by atoms with Crippen molar-refractivity contribution in [3.63, 3.8) is 0 Å². The van der Waals surface area contributed by atoms with E-state index in [1.807, 2.05) is 24.3 Å². The zero-order valence-electron chi connectivity index (χ0n) is 11.4. The lowest BCUT2D eigenvalue weighted by Crippen LogP contribution is -2.47. The Balaban J connectivity index is 2.23. The van der Waals surface area contributed by atoms with Crippen molar-refractivity contribution in [2.75, 3.05) is 18.5 Å². The number of rotatable bonds is 3. The van der Waals surface area contributed by atoms with E-state index in [0.29, 0.717) is 6.54 Å². The van der Waals surface area contributed by atoms with Gasteiger partial charge in [-0.25, -0.2) is 4.79 Å². The Hall–Kier alpha value is -2.04. The van der Waals surface area contributed by atoms with Crippen molar-refractivity contribution in [1.29, 1.82) is 0 Å². The van der Waals surface area contributed by atoms with Gasteiger partial charge in [0.15, 0.2) is 0 Å². The quantitative estimate of drug-likeness (QED) is 0.783. The van der Waals surface area contributed by atoms with Gasteiger partial charge in [0.1, 0.15) is 6.54 Å². The third-order valence-corrected chi connectivity index (χ3v) is 2.90. The fourth-order valence-corrected chi connectivity index (χ4v) is 2.12. The van der Waals surface area contributed by atoms with E-state index in [9.17, 15) is 9.59 Å². The minimum Gasteiger partial charge on any atom is -0.462 e. The molecule has 0 unspecified atom stereocenters. The molecule has 0 spiro atoms. The van der Waals surface area contributed by atoms with Crippen LogP contribution in [-0.4, -0.2) is 36.6 Å². The van der Waals surface area contributed by atoms with Crippen LogP contribution in [0.1, 0.15) is 19.4 Å². The Morgan fingerprint density at radius 3 is 2.74 bits per heavy atom. The number of esters is 1. The number of hydrogen-bond donors (Lipinski definition) is 0. The van der Waals surface area contributed by atoms with E-state index in [4.69, 9.17) is 4.74 Å². The monoisotopic (exact) mass is 262 g/mol.